The van der Waals surface area contributed by atoms with E-state index in [1.54, 1.807) is 6.92 Å². The standard InChI is InChI=1S/C11H19NO4/c1-2-15-11(14)8-12-10(13)6-5-9-4-3-7-16-9/h9H,2-8H2,1H3,(H,12,13)/t9-/m1/s1. The number of carbonyl (C=O) groups is 2. The highest BCUT2D eigenvalue weighted by atomic mass is 16.5. The minimum absolute atomic E-state index is 0.0435. The van der Waals surface area contributed by atoms with Crippen molar-refractivity contribution < 1.29 is 19.1 Å². The Balaban J connectivity index is 2.04. The van der Waals surface area contributed by atoms with Crippen LogP contribution in [-0.4, -0.2) is 37.7 Å². The average molecular weight is 229 g/mol. The van der Waals surface area contributed by atoms with Gasteiger partial charge in [0.15, 0.2) is 0 Å². The zero-order chi connectivity index (χ0) is 11.8. The smallest absolute Gasteiger partial charge is 0.325 e. The normalized spacial score (nSPS) is 19.4. The van der Waals surface area contributed by atoms with Gasteiger partial charge in [-0.3, -0.25) is 9.59 Å². The van der Waals surface area contributed by atoms with Crippen LogP contribution in [0.3, 0.4) is 0 Å². The molecule has 1 atom stereocenters. The molecule has 1 amide bonds. The second-order valence-corrected chi connectivity index (χ2v) is 3.76. The topological polar surface area (TPSA) is 64.6 Å². The first-order valence-corrected chi connectivity index (χ1v) is 5.76. The molecule has 1 aliphatic rings. The van der Waals surface area contributed by atoms with Crippen molar-refractivity contribution in [1.82, 2.24) is 5.32 Å². The predicted octanol–water partition coefficient (Wildman–Crippen LogP) is 0.625. The molecular weight excluding hydrogens is 210 g/mol. The quantitative estimate of drug-likeness (QED) is 0.678. The van der Waals surface area contributed by atoms with E-state index in [1.807, 2.05) is 0 Å². The number of nitrogens with one attached hydrogen (secondary N) is 1. The van der Waals surface area contributed by atoms with Crippen molar-refractivity contribution in [2.45, 2.75) is 38.7 Å². The molecule has 0 aromatic rings. The van der Waals surface area contributed by atoms with Crippen LogP contribution in [0.4, 0.5) is 0 Å². The Kier molecular flexibility index (Phi) is 5.85. The summed E-state index contributed by atoms with van der Waals surface area (Å²) in [5.74, 6) is -0.517. The van der Waals surface area contributed by atoms with Crippen LogP contribution in [0, 0.1) is 0 Å². The minimum atomic E-state index is -0.395. The number of ether oxygens (including phenoxy) is 2. The van der Waals surface area contributed by atoms with Crippen molar-refractivity contribution in [3.05, 3.63) is 0 Å². The zero-order valence-corrected chi connectivity index (χ0v) is 9.66. The molecule has 92 valence electrons. The summed E-state index contributed by atoms with van der Waals surface area (Å²) in [5.41, 5.74) is 0. The molecule has 0 aliphatic carbocycles. The summed E-state index contributed by atoms with van der Waals surface area (Å²) in [6.07, 6.45) is 3.47. The molecule has 5 heteroatoms. The monoisotopic (exact) mass is 229 g/mol. The Morgan fingerprint density at radius 2 is 2.31 bits per heavy atom. The fourth-order valence-corrected chi connectivity index (χ4v) is 1.64. The van der Waals surface area contributed by atoms with Gasteiger partial charge in [0.2, 0.25) is 5.91 Å². The first-order valence-electron chi connectivity index (χ1n) is 5.76. The Bertz CT molecular complexity index is 236. The van der Waals surface area contributed by atoms with Gasteiger partial charge >= 0.3 is 5.97 Å². The molecule has 1 rings (SSSR count). The number of hydrogen-bond acceptors (Lipinski definition) is 4. The number of carbonyl (C=O) groups excluding carboxylic acids is 2. The average Bonchev–Trinajstić information content (AvgIpc) is 2.77. The molecule has 0 radical (unpaired) electrons. The summed E-state index contributed by atoms with van der Waals surface area (Å²) in [5, 5.41) is 2.52. The summed E-state index contributed by atoms with van der Waals surface area (Å²) < 4.78 is 10.1. The fraction of sp³-hybridized carbons (Fsp3) is 0.818. The molecule has 0 bridgehead atoms. The number of hydrogen-bond donors (Lipinski definition) is 1. The van der Waals surface area contributed by atoms with Gasteiger partial charge in [-0.25, -0.2) is 0 Å². The second kappa shape index (κ2) is 7.22. The molecule has 0 aromatic heterocycles. The molecule has 0 unspecified atom stereocenters. The van der Waals surface area contributed by atoms with E-state index >= 15 is 0 Å². The SMILES string of the molecule is CCOC(=O)CNC(=O)CC[C@H]1CCCO1. The van der Waals surface area contributed by atoms with Crippen molar-refractivity contribution in [2.75, 3.05) is 19.8 Å². The van der Waals surface area contributed by atoms with Gasteiger partial charge in [-0.1, -0.05) is 0 Å². The maximum Gasteiger partial charge on any atom is 0.325 e. The first-order chi connectivity index (χ1) is 7.72. The van der Waals surface area contributed by atoms with E-state index in [-0.39, 0.29) is 18.6 Å². The Morgan fingerprint density at radius 3 is 2.94 bits per heavy atom. The van der Waals surface area contributed by atoms with Crippen LogP contribution < -0.4 is 5.32 Å². The third kappa shape index (κ3) is 5.11. The number of rotatable bonds is 6. The maximum absolute atomic E-state index is 11.3. The molecule has 1 fully saturated rings. The van der Waals surface area contributed by atoms with Gasteiger partial charge in [0.25, 0.3) is 0 Å². The lowest BCUT2D eigenvalue weighted by molar-refractivity contribution is -0.143. The number of esters is 1. The van der Waals surface area contributed by atoms with Gasteiger partial charge in [-0.15, -0.1) is 0 Å². The molecule has 0 spiro atoms. The highest BCUT2D eigenvalue weighted by Crippen LogP contribution is 2.16. The first kappa shape index (κ1) is 13.0. The van der Waals surface area contributed by atoms with Crippen LogP contribution in [0.1, 0.15) is 32.6 Å². The van der Waals surface area contributed by atoms with Crippen molar-refractivity contribution in [3.8, 4) is 0 Å². The van der Waals surface area contributed by atoms with Gasteiger partial charge < -0.3 is 14.8 Å². The molecule has 1 saturated heterocycles. The summed E-state index contributed by atoms with van der Waals surface area (Å²) in [6.45, 7) is 2.83. The lowest BCUT2D eigenvalue weighted by Crippen LogP contribution is -2.31. The Hall–Kier alpha value is -1.10. The van der Waals surface area contributed by atoms with Crippen molar-refractivity contribution in [2.24, 2.45) is 0 Å². The van der Waals surface area contributed by atoms with Crippen LogP contribution in [0.2, 0.25) is 0 Å². The van der Waals surface area contributed by atoms with Gasteiger partial charge in [0.05, 0.1) is 12.7 Å². The van der Waals surface area contributed by atoms with Crippen molar-refractivity contribution in [3.63, 3.8) is 0 Å². The molecule has 16 heavy (non-hydrogen) atoms. The van der Waals surface area contributed by atoms with Gasteiger partial charge in [0.1, 0.15) is 6.54 Å². The summed E-state index contributed by atoms with van der Waals surface area (Å²) in [6, 6.07) is 0. The minimum Gasteiger partial charge on any atom is -0.465 e. The summed E-state index contributed by atoms with van der Waals surface area (Å²) in [7, 11) is 0. The Labute approximate surface area is 95.5 Å². The highest BCUT2D eigenvalue weighted by Gasteiger charge is 2.16. The molecule has 1 aliphatic heterocycles. The third-order valence-electron chi connectivity index (χ3n) is 2.45. The van der Waals surface area contributed by atoms with Crippen LogP contribution in [0.25, 0.3) is 0 Å². The van der Waals surface area contributed by atoms with Gasteiger partial charge in [0, 0.05) is 13.0 Å². The molecule has 1 heterocycles. The van der Waals surface area contributed by atoms with Gasteiger partial charge in [-0.2, -0.15) is 0 Å². The molecule has 1 N–H and O–H groups in total. The largest absolute Gasteiger partial charge is 0.465 e. The van der Waals surface area contributed by atoms with E-state index in [1.165, 1.54) is 0 Å². The molecule has 0 aromatic carbocycles. The number of amides is 1. The maximum atomic E-state index is 11.3. The van der Waals surface area contributed by atoms with E-state index in [4.69, 9.17) is 9.47 Å². The molecule has 5 nitrogen and oxygen atoms in total. The lowest BCUT2D eigenvalue weighted by Gasteiger charge is -2.08. The van der Waals surface area contributed by atoms with Crippen molar-refractivity contribution in [1.29, 1.82) is 0 Å². The van der Waals surface area contributed by atoms with Crippen LogP contribution in [-0.2, 0) is 19.1 Å². The van der Waals surface area contributed by atoms with Gasteiger partial charge in [-0.05, 0) is 26.2 Å². The zero-order valence-electron chi connectivity index (χ0n) is 9.66. The third-order valence-corrected chi connectivity index (χ3v) is 2.45. The van der Waals surface area contributed by atoms with E-state index in [2.05, 4.69) is 5.32 Å². The highest BCUT2D eigenvalue weighted by molar-refractivity contribution is 5.81. The van der Waals surface area contributed by atoms with E-state index in [9.17, 15) is 9.59 Å². The second-order valence-electron chi connectivity index (χ2n) is 3.76. The van der Waals surface area contributed by atoms with Crippen LogP contribution in [0.5, 0.6) is 0 Å². The summed E-state index contributed by atoms with van der Waals surface area (Å²) in [4.78, 5) is 22.3. The predicted molar refractivity (Wildman–Crippen MR) is 57.9 cm³/mol. The van der Waals surface area contributed by atoms with Crippen molar-refractivity contribution >= 4 is 11.9 Å². The van der Waals surface area contributed by atoms with Crippen LogP contribution >= 0.6 is 0 Å². The van der Waals surface area contributed by atoms with E-state index in [0.717, 1.165) is 25.9 Å². The molecule has 0 saturated carbocycles. The van der Waals surface area contributed by atoms with E-state index in [0.29, 0.717) is 13.0 Å². The fourth-order valence-electron chi connectivity index (χ4n) is 1.64. The van der Waals surface area contributed by atoms with E-state index < -0.39 is 5.97 Å². The lowest BCUT2D eigenvalue weighted by atomic mass is 10.1. The molecular formula is C11H19NO4. The summed E-state index contributed by atoms with van der Waals surface area (Å²) >= 11 is 0. The Morgan fingerprint density at radius 1 is 1.50 bits per heavy atom. The van der Waals surface area contributed by atoms with Crippen LogP contribution in [0.15, 0.2) is 0 Å².